The highest BCUT2D eigenvalue weighted by Crippen LogP contribution is 2.23. The molecule has 1 heterocycles. The Morgan fingerprint density at radius 1 is 1.38 bits per heavy atom. The first-order chi connectivity index (χ1) is 7.70. The highest BCUT2D eigenvalue weighted by Gasteiger charge is 2.15. The van der Waals surface area contributed by atoms with Crippen molar-refractivity contribution in [3.8, 4) is 12.3 Å². The van der Waals surface area contributed by atoms with Crippen LogP contribution in [0.3, 0.4) is 0 Å². The molecule has 0 bridgehead atoms. The van der Waals surface area contributed by atoms with Gasteiger partial charge in [0.05, 0.1) is 6.54 Å². The number of rotatable bonds is 2. The van der Waals surface area contributed by atoms with Gasteiger partial charge in [0.1, 0.15) is 0 Å². The molecule has 1 nitrogen and oxygen atoms in total. The Morgan fingerprint density at radius 2 is 2.19 bits per heavy atom. The Labute approximate surface area is 98.5 Å². The minimum Gasteiger partial charge on any atom is -0.288 e. The standard InChI is InChI=1S/C15H19N/c1-4-8-16-9-7-14-10-13(12(2)3)5-6-15(14)11-16/h1,5-6,10,12H,7-9,11H2,2-3H3. The van der Waals surface area contributed by atoms with E-state index in [0.717, 1.165) is 26.1 Å². The second-order valence-corrected chi connectivity index (χ2v) is 4.85. The van der Waals surface area contributed by atoms with Crippen LogP contribution in [0.2, 0.25) is 0 Å². The molecule has 1 aromatic carbocycles. The quantitative estimate of drug-likeness (QED) is 0.683. The van der Waals surface area contributed by atoms with Crippen LogP contribution in [0.15, 0.2) is 18.2 Å². The van der Waals surface area contributed by atoms with Gasteiger partial charge in [0.15, 0.2) is 0 Å². The van der Waals surface area contributed by atoms with E-state index in [2.05, 4.69) is 42.9 Å². The third kappa shape index (κ3) is 2.28. The summed E-state index contributed by atoms with van der Waals surface area (Å²) in [6, 6.07) is 6.89. The molecule has 0 N–H and O–H groups in total. The fraction of sp³-hybridized carbons (Fsp3) is 0.467. The largest absolute Gasteiger partial charge is 0.288 e. The maximum absolute atomic E-state index is 5.35. The minimum atomic E-state index is 0.619. The smallest absolute Gasteiger partial charge is 0.0601 e. The fourth-order valence-electron chi connectivity index (χ4n) is 2.25. The Kier molecular flexibility index (Phi) is 3.31. The molecule has 0 saturated heterocycles. The molecule has 0 unspecified atom stereocenters. The van der Waals surface area contributed by atoms with Crippen LogP contribution >= 0.6 is 0 Å². The van der Waals surface area contributed by atoms with Crippen LogP contribution in [-0.2, 0) is 13.0 Å². The SMILES string of the molecule is C#CCN1CCc2cc(C(C)C)ccc2C1. The first-order valence-electron chi connectivity index (χ1n) is 5.98. The molecule has 0 saturated carbocycles. The Balaban J connectivity index is 2.19. The maximum Gasteiger partial charge on any atom is 0.0601 e. The highest BCUT2D eigenvalue weighted by molar-refractivity contribution is 5.35. The molecule has 1 aliphatic rings. The summed E-state index contributed by atoms with van der Waals surface area (Å²) < 4.78 is 0. The highest BCUT2D eigenvalue weighted by atomic mass is 15.1. The molecule has 0 aliphatic carbocycles. The molecule has 0 atom stereocenters. The molecule has 2 rings (SSSR count). The number of nitrogens with zero attached hydrogens (tertiary/aromatic N) is 1. The monoisotopic (exact) mass is 213 g/mol. The number of fused-ring (bicyclic) bond motifs is 1. The molecule has 0 spiro atoms. The van der Waals surface area contributed by atoms with Crippen molar-refractivity contribution >= 4 is 0 Å². The van der Waals surface area contributed by atoms with E-state index in [0.29, 0.717) is 5.92 Å². The predicted octanol–water partition coefficient (Wildman–Crippen LogP) is 2.80. The van der Waals surface area contributed by atoms with Crippen LogP contribution in [0.1, 0.15) is 36.5 Å². The summed E-state index contributed by atoms with van der Waals surface area (Å²) in [4.78, 5) is 2.33. The molecule has 0 fully saturated rings. The van der Waals surface area contributed by atoms with Crippen LogP contribution in [-0.4, -0.2) is 18.0 Å². The van der Waals surface area contributed by atoms with Gasteiger partial charge in [-0.1, -0.05) is 38.0 Å². The van der Waals surface area contributed by atoms with Crippen molar-refractivity contribution in [1.82, 2.24) is 4.90 Å². The van der Waals surface area contributed by atoms with Crippen molar-refractivity contribution in [1.29, 1.82) is 0 Å². The molecule has 16 heavy (non-hydrogen) atoms. The summed E-state index contributed by atoms with van der Waals surface area (Å²) in [6.45, 7) is 7.37. The molecule has 0 aromatic heterocycles. The van der Waals surface area contributed by atoms with Gasteiger partial charge in [-0.15, -0.1) is 6.42 Å². The topological polar surface area (TPSA) is 3.24 Å². The average molecular weight is 213 g/mol. The van der Waals surface area contributed by atoms with E-state index >= 15 is 0 Å². The van der Waals surface area contributed by atoms with Crippen molar-refractivity contribution < 1.29 is 0 Å². The Morgan fingerprint density at radius 3 is 2.88 bits per heavy atom. The second-order valence-electron chi connectivity index (χ2n) is 4.85. The normalized spacial score (nSPS) is 15.9. The van der Waals surface area contributed by atoms with Gasteiger partial charge in [-0.25, -0.2) is 0 Å². The number of hydrogen-bond donors (Lipinski definition) is 0. The van der Waals surface area contributed by atoms with E-state index in [1.165, 1.54) is 16.7 Å². The molecule has 0 amide bonds. The van der Waals surface area contributed by atoms with Gasteiger partial charge in [-0.3, -0.25) is 4.90 Å². The van der Waals surface area contributed by atoms with Gasteiger partial charge in [-0.2, -0.15) is 0 Å². The Bertz CT molecular complexity index is 412. The van der Waals surface area contributed by atoms with E-state index in [4.69, 9.17) is 6.42 Å². The van der Waals surface area contributed by atoms with Crippen LogP contribution in [0.25, 0.3) is 0 Å². The molecule has 1 heteroatoms. The number of benzene rings is 1. The lowest BCUT2D eigenvalue weighted by Gasteiger charge is -2.27. The summed E-state index contributed by atoms with van der Waals surface area (Å²) in [6.07, 6.45) is 6.49. The van der Waals surface area contributed by atoms with Gasteiger partial charge in [0.2, 0.25) is 0 Å². The van der Waals surface area contributed by atoms with E-state index in [1.807, 2.05) is 0 Å². The van der Waals surface area contributed by atoms with Crippen molar-refractivity contribution in [2.45, 2.75) is 32.7 Å². The van der Waals surface area contributed by atoms with Crippen LogP contribution in [0.4, 0.5) is 0 Å². The molecule has 1 aliphatic heterocycles. The molecular formula is C15H19N. The maximum atomic E-state index is 5.35. The zero-order valence-corrected chi connectivity index (χ0v) is 10.2. The Hall–Kier alpha value is -1.26. The van der Waals surface area contributed by atoms with Gasteiger partial charge in [-0.05, 0) is 29.0 Å². The predicted molar refractivity (Wildman–Crippen MR) is 68.3 cm³/mol. The van der Waals surface area contributed by atoms with Crippen molar-refractivity contribution in [2.75, 3.05) is 13.1 Å². The lowest BCUT2D eigenvalue weighted by molar-refractivity contribution is 0.286. The first-order valence-corrected chi connectivity index (χ1v) is 5.98. The summed E-state index contributed by atoms with van der Waals surface area (Å²) in [7, 11) is 0. The molecule has 84 valence electrons. The number of terminal acetylenes is 1. The lowest BCUT2D eigenvalue weighted by atomic mass is 9.93. The minimum absolute atomic E-state index is 0.619. The zero-order chi connectivity index (χ0) is 11.5. The van der Waals surface area contributed by atoms with E-state index in [1.54, 1.807) is 0 Å². The first kappa shape index (κ1) is 11.2. The summed E-state index contributed by atoms with van der Waals surface area (Å²) in [5.74, 6) is 3.34. The lowest BCUT2D eigenvalue weighted by Crippen LogP contribution is -2.30. The summed E-state index contributed by atoms with van der Waals surface area (Å²) in [5.41, 5.74) is 4.41. The second kappa shape index (κ2) is 4.72. The van der Waals surface area contributed by atoms with Gasteiger partial charge in [0.25, 0.3) is 0 Å². The summed E-state index contributed by atoms with van der Waals surface area (Å²) in [5, 5.41) is 0. The molecule has 0 radical (unpaired) electrons. The fourth-order valence-corrected chi connectivity index (χ4v) is 2.25. The number of hydrogen-bond acceptors (Lipinski definition) is 1. The molecule has 1 aromatic rings. The third-order valence-corrected chi connectivity index (χ3v) is 3.30. The van der Waals surface area contributed by atoms with Crippen LogP contribution in [0, 0.1) is 12.3 Å². The van der Waals surface area contributed by atoms with E-state index in [-0.39, 0.29) is 0 Å². The van der Waals surface area contributed by atoms with E-state index < -0.39 is 0 Å². The van der Waals surface area contributed by atoms with Gasteiger partial charge >= 0.3 is 0 Å². The van der Waals surface area contributed by atoms with Crippen LogP contribution in [0.5, 0.6) is 0 Å². The van der Waals surface area contributed by atoms with Gasteiger partial charge < -0.3 is 0 Å². The summed E-state index contributed by atoms with van der Waals surface area (Å²) >= 11 is 0. The molecular weight excluding hydrogens is 194 g/mol. The average Bonchev–Trinajstić information content (AvgIpc) is 2.28. The van der Waals surface area contributed by atoms with Crippen molar-refractivity contribution in [2.24, 2.45) is 0 Å². The van der Waals surface area contributed by atoms with Crippen molar-refractivity contribution in [3.63, 3.8) is 0 Å². The van der Waals surface area contributed by atoms with E-state index in [9.17, 15) is 0 Å². The van der Waals surface area contributed by atoms with Gasteiger partial charge in [0, 0.05) is 13.1 Å². The van der Waals surface area contributed by atoms with Crippen molar-refractivity contribution in [3.05, 3.63) is 34.9 Å². The van der Waals surface area contributed by atoms with Crippen LogP contribution < -0.4 is 0 Å². The zero-order valence-electron chi connectivity index (χ0n) is 10.2. The third-order valence-electron chi connectivity index (χ3n) is 3.30.